The number of carbonyl (C=O) groups is 2. The van der Waals surface area contributed by atoms with Crippen LogP contribution in [0, 0.1) is 12.8 Å². The Morgan fingerprint density at radius 3 is 2.60 bits per heavy atom. The second kappa shape index (κ2) is 8.34. The van der Waals surface area contributed by atoms with Gasteiger partial charge >= 0.3 is 5.97 Å². The number of aromatic amines is 1. The van der Waals surface area contributed by atoms with Crippen molar-refractivity contribution in [1.82, 2.24) is 10.3 Å². The fourth-order valence-electron chi connectivity index (χ4n) is 2.97. The number of amides is 1. The van der Waals surface area contributed by atoms with Gasteiger partial charge in [-0.05, 0) is 42.7 Å². The Hall–Kier alpha value is -2.08. The number of aromatic nitrogens is 1. The standard InChI is InChI=1S/C19H26N2O3S/c1-6-13-16(19(23)24-5)12(4)17(20-13)18(22)21-14(10-11(2)3)15-8-7-9-25-15/h7-9,11,14,20H,6,10H2,1-5H3,(H,21,22). The van der Waals surface area contributed by atoms with Crippen molar-refractivity contribution >= 4 is 23.2 Å². The lowest BCUT2D eigenvalue weighted by molar-refractivity contribution is 0.0599. The number of H-pyrrole nitrogens is 1. The average Bonchev–Trinajstić information content (AvgIpc) is 3.20. The lowest BCUT2D eigenvalue weighted by Crippen LogP contribution is -2.29. The van der Waals surface area contributed by atoms with E-state index in [0.29, 0.717) is 29.2 Å². The van der Waals surface area contributed by atoms with E-state index < -0.39 is 5.97 Å². The molecule has 1 atom stereocenters. The number of ether oxygens (including phenoxy) is 1. The molecule has 1 amide bonds. The summed E-state index contributed by atoms with van der Waals surface area (Å²) < 4.78 is 4.86. The molecule has 0 spiro atoms. The Morgan fingerprint density at radius 2 is 2.08 bits per heavy atom. The predicted molar refractivity (Wildman–Crippen MR) is 100 cm³/mol. The number of methoxy groups -OCH3 is 1. The predicted octanol–water partition coefficient (Wildman–Crippen LogP) is 4.25. The topological polar surface area (TPSA) is 71.2 Å². The van der Waals surface area contributed by atoms with Crippen molar-refractivity contribution in [3.05, 3.63) is 44.9 Å². The number of nitrogens with one attached hydrogen (secondary N) is 2. The maximum Gasteiger partial charge on any atom is 0.339 e. The summed E-state index contributed by atoms with van der Waals surface area (Å²) in [6.45, 7) is 7.99. The molecule has 2 aromatic rings. The summed E-state index contributed by atoms with van der Waals surface area (Å²) in [5.74, 6) is -0.156. The van der Waals surface area contributed by atoms with Crippen molar-refractivity contribution in [2.24, 2.45) is 5.92 Å². The summed E-state index contributed by atoms with van der Waals surface area (Å²) in [7, 11) is 1.35. The molecule has 25 heavy (non-hydrogen) atoms. The highest BCUT2D eigenvalue weighted by molar-refractivity contribution is 7.10. The van der Waals surface area contributed by atoms with Gasteiger partial charge in [0.25, 0.3) is 5.91 Å². The zero-order valence-corrected chi connectivity index (χ0v) is 16.3. The molecular weight excluding hydrogens is 336 g/mol. The van der Waals surface area contributed by atoms with Crippen molar-refractivity contribution in [3.8, 4) is 0 Å². The van der Waals surface area contributed by atoms with E-state index in [1.165, 1.54) is 7.11 Å². The van der Waals surface area contributed by atoms with Crippen molar-refractivity contribution in [2.45, 2.75) is 46.6 Å². The van der Waals surface area contributed by atoms with E-state index in [0.717, 1.165) is 17.0 Å². The summed E-state index contributed by atoms with van der Waals surface area (Å²) in [6.07, 6.45) is 1.48. The highest BCUT2D eigenvalue weighted by atomic mass is 32.1. The summed E-state index contributed by atoms with van der Waals surface area (Å²) in [4.78, 5) is 29.1. The molecule has 136 valence electrons. The molecule has 1 unspecified atom stereocenters. The van der Waals surface area contributed by atoms with Gasteiger partial charge in [0.05, 0.1) is 18.7 Å². The fraction of sp³-hybridized carbons (Fsp3) is 0.474. The lowest BCUT2D eigenvalue weighted by atomic mass is 10.0. The first kappa shape index (κ1) is 19.2. The molecule has 2 aromatic heterocycles. The third kappa shape index (κ3) is 4.31. The highest BCUT2D eigenvalue weighted by Crippen LogP contribution is 2.27. The fourth-order valence-corrected chi connectivity index (χ4v) is 3.76. The molecule has 5 nitrogen and oxygen atoms in total. The van der Waals surface area contributed by atoms with E-state index in [1.54, 1.807) is 18.3 Å². The SMILES string of the molecule is CCc1[nH]c(C(=O)NC(CC(C)C)c2cccs2)c(C)c1C(=O)OC. The molecule has 2 heterocycles. The van der Waals surface area contributed by atoms with Crippen LogP contribution in [0.1, 0.15) is 70.2 Å². The maximum atomic E-state index is 12.9. The van der Waals surface area contributed by atoms with Crippen LogP contribution in [-0.2, 0) is 11.2 Å². The molecule has 0 aliphatic carbocycles. The summed E-state index contributed by atoms with van der Waals surface area (Å²) in [5.41, 5.74) is 2.26. The number of thiophene rings is 1. The monoisotopic (exact) mass is 362 g/mol. The molecule has 0 radical (unpaired) electrons. The van der Waals surface area contributed by atoms with Crippen LogP contribution in [0.25, 0.3) is 0 Å². The number of rotatable bonds is 7. The minimum absolute atomic E-state index is 0.0400. The molecule has 2 rings (SSSR count). The van der Waals surface area contributed by atoms with E-state index in [-0.39, 0.29) is 11.9 Å². The minimum atomic E-state index is -0.415. The Kier molecular flexibility index (Phi) is 6.42. The van der Waals surface area contributed by atoms with Crippen LogP contribution in [0.2, 0.25) is 0 Å². The van der Waals surface area contributed by atoms with Gasteiger partial charge in [0.15, 0.2) is 0 Å². The van der Waals surface area contributed by atoms with E-state index in [2.05, 4.69) is 24.1 Å². The second-order valence-electron chi connectivity index (χ2n) is 6.49. The van der Waals surface area contributed by atoms with Crippen LogP contribution in [0.15, 0.2) is 17.5 Å². The van der Waals surface area contributed by atoms with Crippen LogP contribution in [0.3, 0.4) is 0 Å². The molecule has 6 heteroatoms. The Labute approximate surface area is 152 Å². The summed E-state index contributed by atoms with van der Waals surface area (Å²) in [6, 6.07) is 3.99. The Morgan fingerprint density at radius 1 is 1.36 bits per heavy atom. The van der Waals surface area contributed by atoms with Crippen LogP contribution >= 0.6 is 11.3 Å². The quantitative estimate of drug-likeness (QED) is 0.723. The van der Waals surface area contributed by atoms with Crippen LogP contribution in [-0.4, -0.2) is 24.0 Å². The molecule has 0 aliphatic heterocycles. The second-order valence-corrected chi connectivity index (χ2v) is 7.47. The van der Waals surface area contributed by atoms with Crippen molar-refractivity contribution in [3.63, 3.8) is 0 Å². The van der Waals surface area contributed by atoms with Crippen molar-refractivity contribution < 1.29 is 14.3 Å². The first-order valence-corrected chi connectivity index (χ1v) is 9.40. The van der Waals surface area contributed by atoms with Gasteiger partial charge in [0, 0.05) is 10.6 Å². The molecule has 0 aliphatic rings. The van der Waals surface area contributed by atoms with Crippen LogP contribution in [0.4, 0.5) is 0 Å². The van der Waals surface area contributed by atoms with Gasteiger partial charge in [-0.2, -0.15) is 0 Å². The van der Waals surface area contributed by atoms with Crippen molar-refractivity contribution in [1.29, 1.82) is 0 Å². The third-order valence-corrected chi connectivity index (χ3v) is 5.18. The van der Waals surface area contributed by atoms with E-state index in [4.69, 9.17) is 4.74 Å². The highest BCUT2D eigenvalue weighted by Gasteiger charge is 2.25. The Balaban J connectivity index is 2.30. The summed E-state index contributed by atoms with van der Waals surface area (Å²) >= 11 is 1.64. The van der Waals surface area contributed by atoms with E-state index in [9.17, 15) is 9.59 Å². The van der Waals surface area contributed by atoms with Gasteiger partial charge in [-0.15, -0.1) is 11.3 Å². The first-order valence-electron chi connectivity index (χ1n) is 8.52. The number of hydrogen-bond donors (Lipinski definition) is 2. The normalized spacial score (nSPS) is 12.2. The molecular formula is C19H26N2O3S. The first-order chi connectivity index (χ1) is 11.9. The molecule has 2 N–H and O–H groups in total. The molecule has 0 saturated heterocycles. The maximum absolute atomic E-state index is 12.9. The summed E-state index contributed by atoms with van der Waals surface area (Å²) in [5, 5.41) is 5.13. The van der Waals surface area contributed by atoms with E-state index in [1.807, 2.05) is 24.4 Å². The molecule has 0 saturated carbocycles. The lowest BCUT2D eigenvalue weighted by Gasteiger charge is -2.19. The molecule has 0 bridgehead atoms. The zero-order valence-electron chi connectivity index (χ0n) is 15.4. The van der Waals surface area contributed by atoms with Gasteiger partial charge in [0.1, 0.15) is 5.69 Å². The number of esters is 1. The van der Waals surface area contributed by atoms with E-state index >= 15 is 0 Å². The van der Waals surface area contributed by atoms with Crippen LogP contribution in [0.5, 0.6) is 0 Å². The van der Waals surface area contributed by atoms with Crippen molar-refractivity contribution in [2.75, 3.05) is 7.11 Å². The average molecular weight is 362 g/mol. The zero-order chi connectivity index (χ0) is 18.6. The van der Waals surface area contributed by atoms with Gasteiger partial charge in [0.2, 0.25) is 0 Å². The van der Waals surface area contributed by atoms with Gasteiger partial charge in [-0.3, -0.25) is 4.79 Å². The van der Waals surface area contributed by atoms with Gasteiger partial charge in [-0.25, -0.2) is 4.79 Å². The number of carbonyl (C=O) groups excluding carboxylic acids is 2. The van der Waals surface area contributed by atoms with Gasteiger partial charge in [-0.1, -0.05) is 26.8 Å². The number of aryl methyl sites for hydroxylation is 1. The number of hydrogen-bond acceptors (Lipinski definition) is 4. The minimum Gasteiger partial charge on any atom is -0.465 e. The van der Waals surface area contributed by atoms with Crippen LogP contribution < -0.4 is 5.32 Å². The largest absolute Gasteiger partial charge is 0.465 e. The molecule has 0 fully saturated rings. The smallest absolute Gasteiger partial charge is 0.339 e. The van der Waals surface area contributed by atoms with Gasteiger partial charge < -0.3 is 15.0 Å². The third-order valence-electron chi connectivity index (χ3n) is 4.20. The molecule has 0 aromatic carbocycles. The Bertz CT molecular complexity index is 732.